The normalized spacial score (nSPS) is 23.8. The van der Waals surface area contributed by atoms with Crippen molar-refractivity contribution in [2.24, 2.45) is 11.3 Å². The predicted molar refractivity (Wildman–Crippen MR) is 128 cm³/mol. The van der Waals surface area contributed by atoms with Gasteiger partial charge in [-0.2, -0.15) is 0 Å². The van der Waals surface area contributed by atoms with Crippen LogP contribution in [-0.2, 0) is 9.47 Å². The van der Waals surface area contributed by atoms with Crippen molar-refractivity contribution in [3.63, 3.8) is 0 Å². The number of hydrogen-bond acceptors (Lipinski definition) is 5. The zero-order valence-corrected chi connectivity index (χ0v) is 20.7. The lowest BCUT2D eigenvalue weighted by molar-refractivity contribution is 0.0277. The quantitative estimate of drug-likeness (QED) is 0.622. The lowest BCUT2D eigenvalue weighted by Gasteiger charge is -2.51. The molecule has 4 rings (SSSR count). The van der Waals surface area contributed by atoms with Crippen LogP contribution in [0.25, 0.3) is 0 Å². The van der Waals surface area contributed by atoms with E-state index in [9.17, 15) is 9.59 Å². The number of fused-ring (bicyclic) bond motifs is 1. The fourth-order valence-electron chi connectivity index (χ4n) is 6.00. The van der Waals surface area contributed by atoms with Crippen LogP contribution >= 0.6 is 0 Å². The minimum Gasteiger partial charge on any atom is -0.450 e. The maximum absolute atomic E-state index is 12.9. The molecule has 3 aliphatic heterocycles. The van der Waals surface area contributed by atoms with Gasteiger partial charge in [0.15, 0.2) is 0 Å². The van der Waals surface area contributed by atoms with Gasteiger partial charge >= 0.3 is 12.2 Å². The van der Waals surface area contributed by atoms with Gasteiger partial charge in [-0.05, 0) is 75.6 Å². The molecule has 0 bridgehead atoms. The van der Waals surface area contributed by atoms with Crippen molar-refractivity contribution < 1.29 is 19.1 Å². The Morgan fingerprint density at radius 3 is 2.42 bits per heavy atom. The molecular weight excluding hydrogens is 418 g/mol. The molecule has 0 N–H and O–H groups in total. The van der Waals surface area contributed by atoms with E-state index in [2.05, 4.69) is 30.9 Å². The summed E-state index contributed by atoms with van der Waals surface area (Å²) in [4.78, 5) is 31.3. The van der Waals surface area contributed by atoms with Gasteiger partial charge in [-0.3, -0.25) is 0 Å². The van der Waals surface area contributed by atoms with Crippen LogP contribution in [0, 0.1) is 11.3 Å². The third-order valence-electron chi connectivity index (χ3n) is 7.79. The Bertz CT molecular complexity index is 774. The van der Waals surface area contributed by atoms with Crippen LogP contribution in [0.4, 0.5) is 9.59 Å². The smallest absolute Gasteiger partial charge is 0.410 e. The van der Waals surface area contributed by atoms with Crippen molar-refractivity contribution in [1.82, 2.24) is 14.7 Å². The van der Waals surface area contributed by atoms with Crippen LogP contribution in [0.15, 0.2) is 23.3 Å². The first kappa shape index (κ1) is 24.1. The highest BCUT2D eigenvalue weighted by Gasteiger charge is 2.45. The largest absolute Gasteiger partial charge is 0.450 e. The topological polar surface area (TPSA) is 62.3 Å². The monoisotopic (exact) mass is 459 g/mol. The molecule has 1 spiro atoms. The molecule has 1 aliphatic carbocycles. The molecular formula is C26H41N3O4. The number of carbonyl (C=O) groups excluding carboxylic acids is 2. The summed E-state index contributed by atoms with van der Waals surface area (Å²) in [6, 6.07) is 0.527. The zero-order chi connectivity index (χ0) is 23.4. The second-order valence-electron chi connectivity index (χ2n) is 10.5. The summed E-state index contributed by atoms with van der Waals surface area (Å²) in [7, 11) is 0. The van der Waals surface area contributed by atoms with Gasteiger partial charge in [0.2, 0.25) is 0 Å². The highest BCUT2D eigenvalue weighted by Crippen LogP contribution is 2.47. The van der Waals surface area contributed by atoms with Crippen LogP contribution in [-0.4, -0.2) is 85.4 Å². The summed E-state index contributed by atoms with van der Waals surface area (Å²) < 4.78 is 10.8. The van der Waals surface area contributed by atoms with E-state index in [0.717, 1.165) is 71.2 Å². The van der Waals surface area contributed by atoms with Crippen molar-refractivity contribution >= 4 is 12.2 Å². The SMILES string of the molecule is CCOC(=O)N1CCC(N2CCC3(CC2)CN(C(=O)OCC(C)C)CC2=C3C=CCC2)CC1. The molecule has 4 aliphatic rings. The minimum absolute atomic E-state index is 0.0451. The summed E-state index contributed by atoms with van der Waals surface area (Å²) in [5, 5.41) is 0. The molecule has 0 aromatic rings. The lowest BCUT2D eigenvalue weighted by atomic mass is 9.66. The second kappa shape index (κ2) is 10.5. The Labute approximate surface area is 198 Å². The number of hydrogen-bond donors (Lipinski definition) is 0. The molecule has 7 heteroatoms. The Morgan fingerprint density at radius 2 is 1.76 bits per heavy atom. The molecule has 33 heavy (non-hydrogen) atoms. The molecule has 0 radical (unpaired) electrons. The van der Waals surface area contributed by atoms with Gasteiger partial charge in [0, 0.05) is 37.6 Å². The zero-order valence-electron chi connectivity index (χ0n) is 20.7. The highest BCUT2D eigenvalue weighted by molar-refractivity contribution is 5.69. The summed E-state index contributed by atoms with van der Waals surface area (Å²) in [5.74, 6) is 0.346. The van der Waals surface area contributed by atoms with E-state index in [-0.39, 0.29) is 17.6 Å². The van der Waals surface area contributed by atoms with Crippen LogP contribution in [0.1, 0.15) is 59.3 Å². The van der Waals surface area contributed by atoms with Crippen molar-refractivity contribution in [2.75, 3.05) is 52.5 Å². The molecule has 0 unspecified atom stereocenters. The van der Waals surface area contributed by atoms with Gasteiger partial charge in [0.1, 0.15) is 0 Å². The fourth-order valence-corrected chi connectivity index (χ4v) is 6.00. The number of ether oxygens (including phenoxy) is 2. The van der Waals surface area contributed by atoms with E-state index in [4.69, 9.17) is 9.47 Å². The summed E-state index contributed by atoms with van der Waals surface area (Å²) in [6.07, 6.45) is 10.6. The molecule has 0 atom stereocenters. The lowest BCUT2D eigenvalue weighted by Crippen LogP contribution is -2.55. The van der Waals surface area contributed by atoms with Gasteiger partial charge in [-0.25, -0.2) is 9.59 Å². The first-order chi connectivity index (χ1) is 15.9. The van der Waals surface area contributed by atoms with Gasteiger partial charge in [-0.1, -0.05) is 26.0 Å². The fraction of sp³-hybridized carbons (Fsp3) is 0.769. The van der Waals surface area contributed by atoms with Gasteiger partial charge in [0.05, 0.1) is 13.2 Å². The first-order valence-electron chi connectivity index (χ1n) is 12.9. The van der Waals surface area contributed by atoms with Crippen molar-refractivity contribution in [3.05, 3.63) is 23.3 Å². The van der Waals surface area contributed by atoms with Crippen LogP contribution in [0.3, 0.4) is 0 Å². The van der Waals surface area contributed by atoms with E-state index < -0.39 is 0 Å². The van der Waals surface area contributed by atoms with Crippen LogP contribution < -0.4 is 0 Å². The van der Waals surface area contributed by atoms with E-state index >= 15 is 0 Å². The van der Waals surface area contributed by atoms with E-state index in [1.807, 2.05) is 16.7 Å². The Balaban J connectivity index is 1.39. The number of likely N-dealkylation sites (tertiary alicyclic amines) is 2. The third kappa shape index (κ3) is 5.39. The molecule has 0 aromatic heterocycles. The van der Waals surface area contributed by atoms with E-state index in [1.165, 1.54) is 11.1 Å². The van der Waals surface area contributed by atoms with Crippen LogP contribution in [0.5, 0.6) is 0 Å². The predicted octanol–water partition coefficient (Wildman–Crippen LogP) is 4.44. The second-order valence-corrected chi connectivity index (χ2v) is 10.5. The average Bonchev–Trinajstić information content (AvgIpc) is 2.83. The molecule has 184 valence electrons. The number of piperidine rings is 2. The molecule has 3 heterocycles. The Morgan fingerprint density at radius 1 is 1.06 bits per heavy atom. The van der Waals surface area contributed by atoms with Crippen LogP contribution in [0.2, 0.25) is 0 Å². The van der Waals surface area contributed by atoms with E-state index in [1.54, 1.807) is 0 Å². The number of rotatable bonds is 4. The molecule has 7 nitrogen and oxygen atoms in total. The molecule has 2 fully saturated rings. The number of allylic oxidation sites excluding steroid dienone is 2. The van der Waals surface area contributed by atoms with Gasteiger partial charge < -0.3 is 24.2 Å². The summed E-state index contributed by atoms with van der Waals surface area (Å²) in [6.45, 7) is 12.0. The number of amides is 2. The Hall–Kier alpha value is -2.02. The maximum Gasteiger partial charge on any atom is 0.410 e. The number of nitrogens with zero attached hydrogens (tertiary/aromatic N) is 3. The number of carbonyl (C=O) groups is 2. The highest BCUT2D eigenvalue weighted by atomic mass is 16.6. The van der Waals surface area contributed by atoms with Crippen molar-refractivity contribution in [1.29, 1.82) is 0 Å². The average molecular weight is 460 g/mol. The third-order valence-corrected chi connectivity index (χ3v) is 7.79. The van der Waals surface area contributed by atoms with Crippen molar-refractivity contribution in [3.8, 4) is 0 Å². The van der Waals surface area contributed by atoms with Gasteiger partial charge in [-0.15, -0.1) is 0 Å². The summed E-state index contributed by atoms with van der Waals surface area (Å²) >= 11 is 0. The summed E-state index contributed by atoms with van der Waals surface area (Å²) in [5.41, 5.74) is 2.98. The van der Waals surface area contributed by atoms with E-state index in [0.29, 0.717) is 31.7 Å². The Kier molecular flexibility index (Phi) is 7.67. The molecule has 0 saturated carbocycles. The minimum atomic E-state index is -0.177. The maximum atomic E-state index is 12.9. The molecule has 0 aromatic carbocycles. The molecule has 2 amide bonds. The van der Waals surface area contributed by atoms with Gasteiger partial charge in [0.25, 0.3) is 0 Å². The first-order valence-corrected chi connectivity index (χ1v) is 12.9. The standard InChI is InChI=1S/C26H41N3O4/c1-4-32-24(30)28-13-9-22(10-14-28)27-15-11-26(12-16-27)19-29(25(31)33-18-20(2)3)17-21-7-5-6-8-23(21)26/h6,8,20,22H,4-5,7,9-19H2,1-3H3. The molecule has 2 saturated heterocycles. The van der Waals surface area contributed by atoms with Crippen molar-refractivity contribution in [2.45, 2.75) is 65.3 Å².